The van der Waals surface area contributed by atoms with Crippen LogP contribution >= 0.6 is 0 Å². The number of anilines is 1. The molecule has 13 heavy (non-hydrogen) atoms. The Labute approximate surface area is 75.2 Å². The third-order valence-corrected chi connectivity index (χ3v) is 2.00. The molecule has 4 nitrogen and oxygen atoms in total. The van der Waals surface area contributed by atoms with Crippen molar-refractivity contribution in [3.63, 3.8) is 0 Å². The number of nitrogen functional groups attached to an aromatic ring is 1. The number of nitrogens with zero attached hydrogens (tertiary/aromatic N) is 3. The minimum atomic E-state index is 0.403. The zero-order valence-corrected chi connectivity index (χ0v) is 7.15. The molecular formula is C9H8N4. The van der Waals surface area contributed by atoms with Crippen molar-refractivity contribution in [2.24, 2.45) is 7.05 Å². The molecule has 1 aromatic carbocycles. The molecule has 0 saturated carbocycles. The third-order valence-electron chi connectivity index (χ3n) is 2.00. The fourth-order valence-electron chi connectivity index (χ4n) is 1.32. The number of rotatable bonds is 0. The smallest absolute Gasteiger partial charge is 0.213 e. The van der Waals surface area contributed by atoms with Gasteiger partial charge in [0.05, 0.1) is 11.0 Å². The van der Waals surface area contributed by atoms with E-state index in [-0.39, 0.29) is 0 Å². The maximum atomic E-state index is 8.72. The van der Waals surface area contributed by atoms with Gasteiger partial charge in [-0.15, -0.1) is 0 Å². The maximum absolute atomic E-state index is 8.72. The highest BCUT2D eigenvalue weighted by Crippen LogP contribution is 2.16. The molecule has 0 spiro atoms. The first kappa shape index (κ1) is 7.62. The number of fused-ring (bicyclic) bond motifs is 1. The normalized spacial score (nSPS) is 10.2. The molecule has 1 heterocycles. The van der Waals surface area contributed by atoms with Gasteiger partial charge in [0.15, 0.2) is 0 Å². The number of benzene rings is 1. The predicted octanol–water partition coefficient (Wildman–Crippen LogP) is 1.03. The lowest BCUT2D eigenvalue weighted by Gasteiger charge is -1.94. The Balaban J connectivity index is 2.86. The summed E-state index contributed by atoms with van der Waals surface area (Å²) < 4.78 is 1.74. The Bertz CT molecular complexity index is 504. The van der Waals surface area contributed by atoms with Crippen molar-refractivity contribution in [3.8, 4) is 6.07 Å². The molecule has 0 radical (unpaired) electrons. The molecule has 0 atom stereocenters. The van der Waals surface area contributed by atoms with E-state index < -0.39 is 0 Å². The first-order chi connectivity index (χ1) is 6.22. The van der Waals surface area contributed by atoms with E-state index in [0.29, 0.717) is 11.5 Å². The lowest BCUT2D eigenvalue weighted by atomic mass is 10.3. The first-order valence-electron chi connectivity index (χ1n) is 3.84. The van der Waals surface area contributed by atoms with Gasteiger partial charge in [-0.3, -0.25) is 0 Å². The van der Waals surface area contributed by atoms with Crippen LogP contribution in [0.3, 0.4) is 0 Å². The summed E-state index contributed by atoms with van der Waals surface area (Å²) in [5, 5.41) is 8.72. The van der Waals surface area contributed by atoms with Crippen molar-refractivity contribution in [3.05, 3.63) is 24.0 Å². The second-order valence-electron chi connectivity index (χ2n) is 2.85. The highest BCUT2D eigenvalue weighted by Gasteiger charge is 2.05. The van der Waals surface area contributed by atoms with E-state index in [1.165, 1.54) is 0 Å². The first-order valence-corrected chi connectivity index (χ1v) is 3.84. The Morgan fingerprint density at radius 1 is 1.54 bits per heavy atom. The molecule has 1 aromatic heterocycles. The van der Waals surface area contributed by atoms with Crippen LogP contribution in [0.5, 0.6) is 0 Å². The zero-order chi connectivity index (χ0) is 9.42. The average molecular weight is 172 g/mol. The summed E-state index contributed by atoms with van der Waals surface area (Å²) in [7, 11) is 1.81. The van der Waals surface area contributed by atoms with Gasteiger partial charge < -0.3 is 10.3 Å². The quantitative estimate of drug-likeness (QED) is 0.603. The minimum Gasteiger partial charge on any atom is -0.399 e. The van der Waals surface area contributed by atoms with Crippen LogP contribution in [0.1, 0.15) is 5.82 Å². The number of aromatic nitrogens is 2. The van der Waals surface area contributed by atoms with Gasteiger partial charge in [-0.25, -0.2) is 4.98 Å². The molecule has 0 fully saturated rings. The van der Waals surface area contributed by atoms with Crippen LogP contribution in [-0.2, 0) is 7.05 Å². The van der Waals surface area contributed by atoms with Gasteiger partial charge in [0, 0.05) is 12.7 Å². The lowest BCUT2D eigenvalue weighted by molar-refractivity contribution is 0.921. The van der Waals surface area contributed by atoms with E-state index in [9.17, 15) is 0 Å². The van der Waals surface area contributed by atoms with Crippen molar-refractivity contribution in [2.75, 3.05) is 5.73 Å². The molecule has 2 aromatic rings. The standard InChI is InChI=1S/C9H8N4/c1-13-8-3-2-6(11)4-7(8)12-9(13)5-10/h2-4H,11H2,1H3. The van der Waals surface area contributed by atoms with E-state index in [1.54, 1.807) is 16.7 Å². The summed E-state index contributed by atoms with van der Waals surface area (Å²) in [6.07, 6.45) is 0. The largest absolute Gasteiger partial charge is 0.399 e. The number of hydrogen-bond donors (Lipinski definition) is 1. The van der Waals surface area contributed by atoms with Gasteiger partial charge in [-0.2, -0.15) is 5.26 Å². The Morgan fingerprint density at radius 3 is 3.00 bits per heavy atom. The van der Waals surface area contributed by atoms with Gasteiger partial charge in [0.25, 0.3) is 0 Å². The number of hydrogen-bond acceptors (Lipinski definition) is 3. The second-order valence-corrected chi connectivity index (χ2v) is 2.85. The van der Waals surface area contributed by atoms with Crippen molar-refractivity contribution >= 4 is 16.7 Å². The number of aryl methyl sites for hydroxylation is 1. The zero-order valence-electron chi connectivity index (χ0n) is 7.15. The van der Waals surface area contributed by atoms with Crippen molar-refractivity contribution in [1.29, 1.82) is 5.26 Å². The summed E-state index contributed by atoms with van der Waals surface area (Å²) in [5.74, 6) is 0.403. The molecule has 0 unspecified atom stereocenters. The molecule has 4 heteroatoms. The van der Waals surface area contributed by atoms with Gasteiger partial charge in [-0.05, 0) is 18.2 Å². The molecule has 64 valence electrons. The van der Waals surface area contributed by atoms with Crippen LogP contribution in [0, 0.1) is 11.3 Å². The highest BCUT2D eigenvalue weighted by molar-refractivity contribution is 5.80. The Hall–Kier alpha value is -2.02. The molecule has 2 N–H and O–H groups in total. The lowest BCUT2D eigenvalue weighted by Crippen LogP contribution is -1.91. The molecule has 0 aliphatic heterocycles. The number of nitrogens with two attached hydrogens (primary N) is 1. The Kier molecular flexibility index (Phi) is 1.46. The summed E-state index contributed by atoms with van der Waals surface area (Å²) in [5.41, 5.74) is 7.94. The molecule has 2 rings (SSSR count). The third kappa shape index (κ3) is 1.02. The molecule has 0 saturated heterocycles. The van der Waals surface area contributed by atoms with Crippen molar-refractivity contribution < 1.29 is 0 Å². The van der Waals surface area contributed by atoms with Crippen LogP contribution in [0.4, 0.5) is 5.69 Å². The summed E-state index contributed by atoms with van der Waals surface area (Å²) in [4.78, 5) is 4.11. The average Bonchev–Trinajstić information content (AvgIpc) is 2.42. The van der Waals surface area contributed by atoms with Crippen molar-refractivity contribution in [1.82, 2.24) is 9.55 Å². The minimum absolute atomic E-state index is 0.403. The number of nitriles is 1. The van der Waals surface area contributed by atoms with E-state index in [0.717, 1.165) is 11.0 Å². The summed E-state index contributed by atoms with van der Waals surface area (Å²) >= 11 is 0. The van der Waals surface area contributed by atoms with Gasteiger partial charge in [-0.1, -0.05) is 0 Å². The van der Waals surface area contributed by atoms with Crippen LogP contribution in [-0.4, -0.2) is 9.55 Å². The van der Waals surface area contributed by atoms with E-state index >= 15 is 0 Å². The topological polar surface area (TPSA) is 67.6 Å². The number of imidazole rings is 1. The molecular weight excluding hydrogens is 164 g/mol. The predicted molar refractivity (Wildman–Crippen MR) is 49.8 cm³/mol. The summed E-state index contributed by atoms with van der Waals surface area (Å²) in [6.45, 7) is 0. The molecule has 0 aliphatic carbocycles. The van der Waals surface area contributed by atoms with Crippen LogP contribution in [0.15, 0.2) is 18.2 Å². The van der Waals surface area contributed by atoms with E-state index in [4.69, 9.17) is 11.0 Å². The Morgan fingerprint density at radius 2 is 2.31 bits per heavy atom. The highest BCUT2D eigenvalue weighted by atomic mass is 15.1. The molecule has 0 bridgehead atoms. The van der Waals surface area contributed by atoms with Crippen LogP contribution in [0.25, 0.3) is 11.0 Å². The van der Waals surface area contributed by atoms with Crippen molar-refractivity contribution in [2.45, 2.75) is 0 Å². The fourth-order valence-corrected chi connectivity index (χ4v) is 1.32. The SMILES string of the molecule is Cn1c(C#N)nc2cc(N)ccc21. The second kappa shape index (κ2) is 2.49. The maximum Gasteiger partial charge on any atom is 0.213 e. The molecule has 0 amide bonds. The van der Waals surface area contributed by atoms with Crippen LogP contribution in [0.2, 0.25) is 0 Å². The van der Waals surface area contributed by atoms with Gasteiger partial charge in [0.1, 0.15) is 6.07 Å². The monoisotopic (exact) mass is 172 g/mol. The van der Waals surface area contributed by atoms with E-state index in [1.807, 2.05) is 19.2 Å². The van der Waals surface area contributed by atoms with Gasteiger partial charge in [0.2, 0.25) is 5.82 Å². The van der Waals surface area contributed by atoms with Crippen LogP contribution < -0.4 is 5.73 Å². The van der Waals surface area contributed by atoms with Gasteiger partial charge >= 0.3 is 0 Å². The summed E-state index contributed by atoms with van der Waals surface area (Å²) in [6, 6.07) is 7.43. The fraction of sp³-hybridized carbons (Fsp3) is 0.111. The van der Waals surface area contributed by atoms with E-state index in [2.05, 4.69) is 4.98 Å². The molecule has 0 aliphatic rings.